The Hall–Kier alpha value is -4.03. The number of hydrogen-bond donors (Lipinski definition) is 2. The number of rotatable bonds is 15. The fourth-order valence-electron chi connectivity index (χ4n) is 4.52. The normalized spacial score (nSPS) is 12.1. The standard InChI is InChI=1S/C31H35F6N5O2/c1-3-5-7-9-13-43-21-11-12-22(27(17-21)44-14-10-8-6-4-2)20-15-23(25-18-28(41-39-25)30(32,33)34)38-24(16-20)26-19-29(42-40-26)31(35,36)37/h11-12,15-19H,3-10,13-14H2,1-2H3,(H,39,41)(H,40,42). The molecule has 1 aromatic carbocycles. The first-order valence-corrected chi connectivity index (χ1v) is 14.7. The fraction of sp³-hybridized carbons (Fsp3) is 0.452. The third kappa shape index (κ3) is 8.76. The number of halogens is 6. The third-order valence-electron chi connectivity index (χ3n) is 6.90. The predicted molar refractivity (Wildman–Crippen MR) is 154 cm³/mol. The summed E-state index contributed by atoms with van der Waals surface area (Å²) in [5.41, 5.74) is -1.44. The predicted octanol–water partition coefficient (Wildman–Crippen LogP) is 9.48. The summed E-state index contributed by atoms with van der Waals surface area (Å²) in [5.74, 6) is 1.05. The molecule has 0 radical (unpaired) electrons. The van der Waals surface area contributed by atoms with Gasteiger partial charge in [-0.3, -0.25) is 10.2 Å². The highest BCUT2D eigenvalue weighted by molar-refractivity contribution is 5.78. The SMILES string of the molecule is CCCCCCOc1ccc(-c2cc(-c3cc(C(F)(F)F)[nH]n3)nc(-c3cc(C(F)(F)F)[nH]n3)c2)c(OCCCCCC)c1. The lowest BCUT2D eigenvalue weighted by atomic mass is 10.0. The van der Waals surface area contributed by atoms with Crippen LogP contribution in [0.4, 0.5) is 26.3 Å². The van der Waals surface area contributed by atoms with Gasteiger partial charge in [0.2, 0.25) is 0 Å². The second-order valence-electron chi connectivity index (χ2n) is 10.4. The first-order chi connectivity index (χ1) is 21.0. The summed E-state index contributed by atoms with van der Waals surface area (Å²) in [7, 11) is 0. The number of nitrogens with zero attached hydrogens (tertiary/aromatic N) is 3. The van der Waals surface area contributed by atoms with Crippen molar-refractivity contribution in [3.63, 3.8) is 0 Å². The molecule has 0 bridgehead atoms. The molecule has 0 aliphatic heterocycles. The summed E-state index contributed by atoms with van der Waals surface area (Å²) >= 11 is 0. The van der Waals surface area contributed by atoms with Gasteiger partial charge in [0.25, 0.3) is 0 Å². The minimum absolute atomic E-state index is 0.00551. The summed E-state index contributed by atoms with van der Waals surface area (Å²) < 4.78 is 92.0. The number of hydrogen-bond acceptors (Lipinski definition) is 5. The van der Waals surface area contributed by atoms with E-state index in [1.165, 1.54) is 12.1 Å². The molecule has 4 rings (SSSR count). The van der Waals surface area contributed by atoms with Crippen LogP contribution in [0.2, 0.25) is 0 Å². The molecule has 0 atom stereocenters. The Balaban J connectivity index is 1.76. The van der Waals surface area contributed by atoms with E-state index in [2.05, 4.69) is 29.0 Å². The monoisotopic (exact) mass is 623 g/mol. The lowest BCUT2D eigenvalue weighted by Crippen LogP contribution is -2.04. The van der Waals surface area contributed by atoms with Gasteiger partial charge < -0.3 is 9.47 Å². The molecule has 0 fully saturated rings. The van der Waals surface area contributed by atoms with Crippen molar-refractivity contribution >= 4 is 0 Å². The molecule has 0 saturated heterocycles. The maximum absolute atomic E-state index is 13.3. The van der Waals surface area contributed by atoms with Crippen LogP contribution in [0.5, 0.6) is 11.5 Å². The van der Waals surface area contributed by atoms with Gasteiger partial charge in [-0.25, -0.2) is 4.98 Å². The number of H-pyrrole nitrogens is 2. The molecule has 0 aliphatic rings. The highest BCUT2D eigenvalue weighted by Crippen LogP contribution is 2.38. The number of ether oxygens (including phenoxy) is 2. The van der Waals surface area contributed by atoms with Gasteiger partial charge in [-0.15, -0.1) is 0 Å². The number of aromatic nitrogens is 5. The van der Waals surface area contributed by atoms with Crippen LogP contribution in [0.25, 0.3) is 33.9 Å². The van der Waals surface area contributed by atoms with Crippen molar-refractivity contribution in [2.75, 3.05) is 13.2 Å². The summed E-state index contributed by atoms with van der Waals surface area (Å²) in [6, 6.07) is 9.88. The average Bonchev–Trinajstić information content (AvgIpc) is 3.68. The summed E-state index contributed by atoms with van der Waals surface area (Å²) in [6.07, 6.45) is -1.30. The molecular formula is C31H35F6N5O2. The van der Waals surface area contributed by atoms with Crippen LogP contribution in [-0.2, 0) is 12.4 Å². The average molecular weight is 624 g/mol. The Kier molecular flexibility index (Phi) is 10.9. The van der Waals surface area contributed by atoms with E-state index in [1.54, 1.807) is 18.2 Å². The summed E-state index contributed by atoms with van der Waals surface area (Å²) in [5, 5.41) is 11.5. The minimum Gasteiger partial charge on any atom is -0.493 e. The molecular weight excluding hydrogens is 588 g/mol. The van der Waals surface area contributed by atoms with Crippen molar-refractivity contribution in [1.82, 2.24) is 25.4 Å². The molecule has 4 aromatic rings. The highest BCUT2D eigenvalue weighted by Gasteiger charge is 2.34. The Morgan fingerprint density at radius 3 is 1.61 bits per heavy atom. The van der Waals surface area contributed by atoms with Crippen LogP contribution < -0.4 is 9.47 Å². The van der Waals surface area contributed by atoms with Crippen LogP contribution in [0.15, 0.2) is 42.5 Å². The Morgan fingerprint density at radius 2 is 1.14 bits per heavy atom. The maximum Gasteiger partial charge on any atom is 0.432 e. The van der Waals surface area contributed by atoms with E-state index in [9.17, 15) is 26.3 Å². The molecule has 3 heterocycles. The van der Waals surface area contributed by atoms with Crippen LogP contribution in [0, 0.1) is 0 Å². The van der Waals surface area contributed by atoms with Crippen molar-refractivity contribution < 1.29 is 35.8 Å². The van der Waals surface area contributed by atoms with Crippen molar-refractivity contribution in [2.24, 2.45) is 0 Å². The molecule has 0 amide bonds. The largest absolute Gasteiger partial charge is 0.493 e. The minimum atomic E-state index is -4.68. The van der Waals surface area contributed by atoms with Crippen molar-refractivity contribution in [3.8, 4) is 45.4 Å². The van der Waals surface area contributed by atoms with Gasteiger partial charge in [0, 0.05) is 11.6 Å². The van der Waals surface area contributed by atoms with Crippen molar-refractivity contribution in [3.05, 3.63) is 53.9 Å². The zero-order valence-electron chi connectivity index (χ0n) is 24.5. The number of aromatic amines is 2. The van der Waals surface area contributed by atoms with Crippen molar-refractivity contribution in [1.29, 1.82) is 0 Å². The van der Waals surface area contributed by atoms with E-state index in [4.69, 9.17) is 9.47 Å². The van der Waals surface area contributed by atoms with Gasteiger partial charge >= 0.3 is 12.4 Å². The maximum atomic E-state index is 13.3. The molecule has 0 aliphatic carbocycles. The second-order valence-corrected chi connectivity index (χ2v) is 10.4. The lowest BCUT2D eigenvalue weighted by Gasteiger charge is -2.15. The molecule has 2 N–H and O–H groups in total. The smallest absolute Gasteiger partial charge is 0.432 e. The molecule has 0 spiro atoms. The first kappa shape index (κ1) is 32.9. The molecule has 0 unspecified atom stereocenters. The molecule has 0 saturated carbocycles. The van der Waals surface area contributed by atoms with E-state index < -0.39 is 23.7 Å². The summed E-state index contributed by atoms with van der Waals surface area (Å²) in [6.45, 7) is 5.18. The number of nitrogens with one attached hydrogen (secondary N) is 2. The topological polar surface area (TPSA) is 88.7 Å². The van der Waals surface area contributed by atoms with E-state index in [1.807, 2.05) is 10.2 Å². The number of benzene rings is 1. The van der Waals surface area contributed by atoms with Gasteiger partial charge in [-0.2, -0.15) is 36.5 Å². The molecule has 44 heavy (non-hydrogen) atoms. The Morgan fingerprint density at radius 1 is 0.614 bits per heavy atom. The van der Waals surface area contributed by atoms with Crippen molar-refractivity contribution in [2.45, 2.75) is 77.6 Å². The van der Waals surface area contributed by atoms with E-state index in [0.29, 0.717) is 35.8 Å². The zero-order valence-corrected chi connectivity index (χ0v) is 24.5. The fourth-order valence-corrected chi connectivity index (χ4v) is 4.52. The van der Waals surface area contributed by atoms with Gasteiger partial charge in [0.05, 0.1) is 24.6 Å². The Labute approximate surface area is 251 Å². The third-order valence-corrected chi connectivity index (χ3v) is 6.90. The van der Waals surface area contributed by atoms with Gasteiger partial charge in [0.15, 0.2) is 0 Å². The van der Waals surface area contributed by atoms with Crippen LogP contribution in [0.3, 0.4) is 0 Å². The molecule has 7 nitrogen and oxygen atoms in total. The van der Waals surface area contributed by atoms with E-state index >= 15 is 0 Å². The van der Waals surface area contributed by atoms with Gasteiger partial charge in [-0.1, -0.05) is 52.4 Å². The highest BCUT2D eigenvalue weighted by atomic mass is 19.4. The van der Waals surface area contributed by atoms with E-state index in [-0.39, 0.29) is 22.8 Å². The van der Waals surface area contributed by atoms with Crippen LogP contribution >= 0.6 is 0 Å². The first-order valence-electron chi connectivity index (χ1n) is 14.7. The zero-order chi connectivity index (χ0) is 31.7. The summed E-state index contributed by atoms with van der Waals surface area (Å²) in [4.78, 5) is 4.33. The van der Waals surface area contributed by atoms with E-state index in [0.717, 1.165) is 63.5 Å². The molecule has 13 heteroatoms. The van der Waals surface area contributed by atoms with Crippen LogP contribution in [0.1, 0.15) is 76.6 Å². The van der Waals surface area contributed by atoms with Gasteiger partial charge in [0.1, 0.15) is 34.3 Å². The Bertz CT molecular complexity index is 1420. The van der Waals surface area contributed by atoms with Gasteiger partial charge in [-0.05, 0) is 54.8 Å². The molecule has 238 valence electrons. The van der Waals surface area contributed by atoms with Crippen LogP contribution in [-0.4, -0.2) is 38.6 Å². The lowest BCUT2D eigenvalue weighted by molar-refractivity contribution is -0.142. The number of pyridine rings is 1. The quantitative estimate of drug-likeness (QED) is 0.102. The molecule has 3 aromatic heterocycles. The number of alkyl halides is 6. The number of unbranched alkanes of at least 4 members (excludes halogenated alkanes) is 6. The second kappa shape index (κ2) is 14.6.